The maximum absolute atomic E-state index is 11.0. The average molecular weight is 327 g/mol. The molecule has 0 aliphatic carbocycles. The van der Waals surface area contributed by atoms with Crippen LogP contribution < -0.4 is 4.90 Å². The fourth-order valence-electron chi connectivity index (χ4n) is 1.99. The van der Waals surface area contributed by atoms with Gasteiger partial charge in [-0.15, -0.1) is 0 Å². The standard InChI is InChI=1S/C12H11BrN2O4/c13-9-1-2-10(15(18)19)11(7-9)14-5-3-8(4-6-14)12(16)17/h1-3,7H,4-6H2,(H,16,17). The minimum atomic E-state index is -0.927. The van der Waals surface area contributed by atoms with Crippen molar-refractivity contribution in [3.8, 4) is 0 Å². The fourth-order valence-corrected chi connectivity index (χ4v) is 2.34. The number of halogens is 1. The lowest BCUT2D eigenvalue weighted by Crippen LogP contribution is -2.30. The van der Waals surface area contributed by atoms with Crippen LogP contribution >= 0.6 is 15.9 Å². The van der Waals surface area contributed by atoms with Crippen LogP contribution in [0.2, 0.25) is 0 Å². The molecule has 1 aliphatic rings. The lowest BCUT2D eigenvalue weighted by molar-refractivity contribution is -0.384. The van der Waals surface area contributed by atoms with E-state index in [1.165, 1.54) is 6.07 Å². The molecule has 6 nitrogen and oxygen atoms in total. The normalized spacial score (nSPS) is 15.0. The van der Waals surface area contributed by atoms with Crippen LogP contribution in [-0.4, -0.2) is 29.1 Å². The van der Waals surface area contributed by atoms with Crippen LogP contribution in [0, 0.1) is 10.1 Å². The zero-order chi connectivity index (χ0) is 14.0. The Kier molecular flexibility index (Phi) is 3.84. The van der Waals surface area contributed by atoms with Gasteiger partial charge in [0, 0.05) is 29.2 Å². The molecule has 0 saturated heterocycles. The van der Waals surface area contributed by atoms with Gasteiger partial charge in [-0.05, 0) is 18.6 Å². The van der Waals surface area contributed by atoms with Gasteiger partial charge in [-0.25, -0.2) is 4.79 Å². The summed E-state index contributed by atoms with van der Waals surface area (Å²) < 4.78 is 0.751. The zero-order valence-corrected chi connectivity index (χ0v) is 11.5. The summed E-state index contributed by atoms with van der Waals surface area (Å²) in [5.74, 6) is -0.927. The summed E-state index contributed by atoms with van der Waals surface area (Å²) in [7, 11) is 0. The number of nitrogens with zero attached hydrogens (tertiary/aromatic N) is 2. The Morgan fingerprint density at radius 1 is 1.47 bits per heavy atom. The van der Waals surface area contributed by atoms with E-state index in [1.807, 2.05) is 0 Å². The second-order valence-electron chi connectivity index (χ2n) is 4.12. The SMILES string of the molecule is O=C(O)C1=CCN(c2cc(Br)ccc2[N+](=O)[O-])CC1. The molecule has 7 heteroatoms. The number of carboxylic acid groups (broad SMARTS) is 1. The summed E-state index contributed by atoms with van der Waals surface area (Å²) in [5, 5.41) is 19.9. The van der Waals surface area contributed by atoms with Gasteiger partial charge >= 0.3 is 5.97 Å². The van der Waals surface area contributed by atoms with Gasteiger partial charge in [-0.1, -0.05) is 22.0 Å². The van der Waals surface area contributed by atoms with Gasteiger partial charge in [0.2, 0.25) is 0 Å². The molecular formula is C12H11BrN2O4. The van der Waals surface area contributed by atoms with Crippen LogP contribution in [-0.2, 0) is 4.79 Å². The first-order valence-corrected chi connectivity index (χ1v) is 6.39. The van der Waals surface area contributed by atoms with E-state index in [2.05, 4.69) is 15.9 Å². The molecule has 0 spiro atoms. The van der Waals surface area contributed by atoms with E-state index in [4.69, 9.17) is 5.11 Å². The minimum Gasteiger partial charge on any atom is -0.478 e. The van der Waals surface area contributed by atoms with E-state index in [0.717, 1.165) is 4.47 Å². The zero-order valence-electron chi connectivity index (χ0n) is 9.88. The Balaban J connectivity index is 2.31. The van der Waals surface area contributed by atoms with Crippen LogP contribution in [0.1, 0.15) is 6.42 Å². The molecule has 19 heavy (non-hydrogen) atoms. The number of aliphatic carboxylic acids is 1. The highest BCUT2D eigenvalue weighted by Gasteiger charge is 2.23. The number of hydrogen-bond acceptors (Lipinski definition) is 4. The number of rotatable bonds is 3. The van der Waals surface area contributed by atoms with Crippen molar-refractivity contribution in [2.75, 3.05) is 18.0 Å². The number of anilines is 1. The highest BCUT2D eigenvalue weighted by Crippen LogP contribution is 2.32. The van der Waals surface area contributed by atoms with Crippen molar-refractivity contribution in [2.45, 2.75) is 6.42 Å². The first-order chi connectivity index (χ1) is 8.99. The molecule has 2 rings (SSSR count). The summed E-state index contributed by atoms with van der Waals surface area (Å²) in [6.07, 6.45) is 1.97. The van der Waals surface area contributed by atoms with E-state index in [1.54, 1.807) is 23.1 Å². The largest absolute Gasteiger partial charge is 0.478 e. The summed E-state index contributed by atoms with van der Waals surface area (Å²) >= 11 is 3.29. The number of nitro benzene ring substituents is 1. The number of carboxylic acids is 1. The maximum Gasteiger partial charge on any atom is 0.331 e. The molecule has 0 fully saturated rings. The van der Waals surface area contributed by atoms with Gasteiger partial charge in [0.05, 0.1) is 4.92 Å². The average Bonchev–Trinajstić information content (AvgIpc) is 2.38. The molecule has 0 amide bonds. The van der Waals surface area contributed by atoms with Crippen molar-refractivity contribution < 1.29 is 14.8 Å². The van der Waals surface area contributed by atoms with Gasteiger partial charge in [0.25, 0.3) is 5.69 Å². The number of benzene rings is 1. The molecule has 100 valence electrons. The summed E-state index contributed by atoms with van der Waals surface area (Å²) in [5.41, 5.74) is 0.879. The molecule has 1 aromatic rings. The van der Waals surface area contributed by atoms with E-state index >= 15 is 0 Å². The molecular weight excluding hydrogens is 316 g/mol. The van der Waals surface area contributed by atoms with Crippen molar-refractivity contribution in [3.05, 3.63) is 44.4 Å². The van der Waals surface area contributed by atoms with Gasteiger partial charge in [0.1, 0.15) is 5.69 Å². The maximum atomic E-state index is 11.0. The minimum absolute atomic E-state index is 0.0235. The number of hydrogen-bond donors (Lipinski definition) is 1. The Bertz CT molecular complexity index is 571. The van der Waals surface area contributed by atoms with Gasteiger partial charge in [-0.2, -0.15) is 0 Å². The van der Waals surface area contributed by atoms with Crippen LogP contribution in [0.3, 0.4) is 0 Å². The third-order valence-electron chi connectivity index (χ3n) is 2.96. The van der Waals surface area contributed by atoms with Crippen molar-refractivity contribution in [1.82, 2.24) is 0 Å². The van der Waals surface area contributed by atoms with Crippen molar-refractivity contribution >= 4 is 33.3 Å². The topological polar surface area (TPSA) is 83.7 Å². The molecule has 0 radical (unpaired) electrons. The number of carbonyl (C=O) groups is 1. The van der Waals surface area contributed by atoms with Crippen molar-refractivity contribution in [3.63, 3.8) is 0 Å². The van der Waals surface area contributed by atoms with Crippen LogP contribution in [0.15, 0.2) is 34.3 Å². The quantitative estimate of drug-likeness (QED) is 0.681. The predicted molar refractivity (Wildman–Crippen MR) is 73.3 cm³/mol. The van der Waals surface area contributed by atoms with E-state index in [0.29, 0.717) is 30.8 Å². The van der Waals surface area contributed by atoms with Crippen molar-refractivity contribution in [1.29, 1.82) is 0 Å². The Morgan fingerprint density at radius 3 is 2.74 bits per heavy atom. The summed E-state index contributed by atoms with van der Waals surface area (Å²) in [6, 6.07) is 4.73. The Morgan fingerprint density at radius 2 is 2.21 bits per heavy atom. The number of nitro groups is 1. The second kappa shape index (κ2) is 5.40. The molecule has 0 atom stereocenters. The first-order valence-electron chi connectivity index (χ1n) is 5.60. The first kappa shape index (κ1) is 13.5. The highest BCUT2D eigenvalue weighted by atomic mass is 79.9. The monoisotopic (exact) mass is 326 g/mol. The van der Waals surface area contributed by atoms with Crippen LogP contribution in [0.5, 0.6) is 0 Å². The molecule has 0 aromatic heterocycles. The third-order valence-corrected chi connectivity index (χ3v) is 3.45. The molecule has 1 aliphatic heterocycles. The second-order valence-corrected chi connectivity index (χ2v) is 5.04. The smallest absolute Gasteiger partial charge is 0.331 e. The molecule has 1 aromatic carbocycles. The predicted octanol–water partition coefficient (Wildman–Crippen LogP) is 2.58. The lowest BCUT2D eigenvalue weighted by atomic mass is 10.1. The molecule has 0 bridgehead atoms. The summed E-state index contributed by atoms with van der Waals surface area (Å²) in [6.45, 7) is 0.814. The van der Waals surface area contributed by atoms with Gasteiger partial charge in [0.15, 0.2) is 0 Å². The summed E-state index contributed by atoms with van der Waals surface area (Å²) in [4.78, 5) is 23.2. The van der Waals surface area contributed by atoms with Gasteiger partial charge < -0.3 is 10.0 Å². The molecule has 1 N–H and O–H groups in total. The molecule has 1 heterocycles. The Labute approximate surface area is 117 Å². The van der Waals surface area contributed by atoms with E-state index in [-0.39, 0.29) is 5.69 Å². The van der Waals surface area contributed by atoms with Crippen molar-refractivity contribution in [2.24, 2.45) is 0 Å². The third kappa shape index (κ3) is 2.93. The Hall–Kier alpha value is -1.89. The molecule has 0 saturated carbocycles. The van der Waals surface area contributed by atoms with Gasteiger partial charge in [-0.3, -0.25) is 10.1 Å². The van der Waals surface area contributed by atoms with E-state index < -0.39 is 10.9 Å². The molecule has 0 unspecified atom stereocenters. The van der Waals surface area contributed by atoms with Crippen LogP contribution in [0.4, 0.5) is 11.4 Å². The van der Waals surface area contributed by atoms with Crippen LogP contribution in [0.25, 0.3) is 0 Å². The fraction of sp³-hybridized carbons (Fsp3) is 0.250. The van der Waals surface area contributed by atoms with E-state index in [9.17, 15) is 14.9 Å². The highest BCUT2D eigenvalue weighted by molar-refractivity contribution is 9.10. The lowest BCUT2D eigenvalue weighted by Gasteiger charge is -2.27.